The van der Waals surface area contributed by atoms with Crippen molar-refractivity contribution in [2.24, 2.45) is 0 Å². The Morgan fingerprint density at radius 3 is 1.58 bits per heavy atom. The SMILES string of the molecule is Cc1ccccc1N1B2c3ccccc3N(c3ccccc3C)c3cc(Cc4ccc(C)c(N5B6c7cccc8c7N(c7ccccc7C8(C)C)c7cc(C(c8ccccc8)c8cccc(-c9ccc(N%10B%11c%12c(cc(-c%13ccccc%13)cc%12-n%12c%13ccccc%13c%13cccc%11c%13%12)-c%11cc%12c(cc%11%10)Sc%10ccccc%10S%12)cc9)c8)cc(c76)-c6cc7c(cc65)Oc5ccccc5O7)c4)cc(c32)-c2cc3c(cc21)Sc1ccccc1O3. The minimum atomic E-state index is -0.396. The number of aromatic nitrogens is 1. The van der Waals surface area contributed by atoms with E-state index in [-0.39, 0.29) is 26.5 Å². The number of anilines is 12. The second-order valence-electron chi connectivity index (χ2n) is 41.7. The molecule has 1 unspecified atom stereocenters. The highest BCUT2D eigenvalue weighted by molar-refractivity contribution is 8.05. The van der Waals surface area contributed by atoms with Crippen LogP contribution in [0.2, 0.25) is 0 Å². The lowest BCUT2D eigenvalue weighted by Gasteiger charge is -2.51. The molecule has 32 rings (SSSR count). The van der Waals surface area contributed by atoms with Gasteiger partial charge in [-0.3, -0.25) is 0 Å². The van der Waals surface area contributed by atoms with Crippen LogP contribution in [-0.2, 0) is 11.8 Å². The average molecular weight is 1960 g/mol. The summed E-state index contributed by atoms with van der Waals surface area (Å²) in [6, 6.07) is 163. The summed E-state index contributed by atoms with van der Waals surface area (Å²) in [6.07, 6.45) is 0.618. The van der Waals surface area contributed by atoms with Crippen LogP contribution in [-0.4, -0.2) is 25.1 Å². The molecule has 0 fully saturated rings. The maximum absolute atomic E-state index is 7.21. The molecular weight excluding hydrogens is 1870 g/mol. The first-order valence-corrected chi connectivity index (χ1v) is 54.1. The second kappa shape index (κ2) is 32.3. The first-order chi connectivity index (χ1) is 73.4. The van der Waals surface area contributed by atoms with Crippen molar-refractivity contribution < 1.29 is 14.2 Å². The molecule has 0 bridgehead atoms. The lowest BCUT2D eigenvalue weighted by atomic mass is 9.42. The number of aryl methyl sites for hydroxylation is 3. The van der Waals surface area contributed by atoms with E-state index >= 15 is 0 Å². The van der Waals surface area contributed by atoms with E-state index in [2.05, 4.69) is 470 Å². The summed E-state index contributed by atoms with van der Waals surface area (Å²) in [5, 5.41) is 2.52. The fourth-order valence-corrected chi connectivity index (χ4v) is 29.8. The standard InChI is InChI=1S/C134H89B3N6O3S3/c1-78-31-12-17-46-104(78)138-108-50-21-16-43-101(108)135-129-96(94-73-121-125(147-122-54-25-24-53-118(122)146-121)76-112(94)142(135)105-47-18-13-32-79(105)2)64-82(66-113(129)138)63-81-58-57-80(3)109(65-81)143-110-75-120-119(144-116-51-22-23-52-117(116)145-120)72-93(110)98-69-89(71-115-131(98)137(143)103-45-30-42-100-133(103)140(115)107-49-20-15-41-99(107)134(100,4)5)128(85-35-10-7-11-36-85)87-38-28-37-86(67-87)84-59-61-90(62-60-84)141-111-77-127-126(148-123-55-26-27-56-124(123)149-127)74-95(111)97-68-88(83-33-8-6-9-34-83)70-114-130(97)136(141)102-44-29-40-92-91-39-14-19-48-106(91)139(114)132(92)102/h6-62,64-77,128H,63H2,1-5H3. The highest BCUT2D eigenvalue weighted by Gasteiger charge is 2.53. The van der Waals surface area contributed by atoms with Crippen LogP contribution in [0.1, 0.15) is 75.4 Å². The monoisotopic (exact) mass is 1960 g/mol. The van der Waals surface area contributed by atoms with Crippen LogP contribution in [0.3, 0.4) is 0 Å². The number of benzene rings is 21. The summed E-state index contributed by atoms with van der Waals surface area (Å²) in [4.78, 5) is 20.6. The fourth-order valence-electron chi connectivity index (χ4n) is 26.5. The molecule has 0 radical (unpaired) electrons. The van der Waals surface area contributed by atoms with Gasteiger partial charge in [-0.05, 0) is 294 Å². The smallest absolute Gasteiger partial charge is 0.333 e. The zero-order chi connectivity index (χ0) is 98.2. The number of para-hydroxylation sites is 10. The van der Waals surface area contributed by atoms with Gasteiger partial charge in [-0.1, -0.05) is 334 Å². The van der Waals surface area contributed by atoms with Crippen LogP contribution in [0.4, 0.5) is 68.2 Å². The van der Waals surface area contributed by atoms with Gasteiger partial charge in [0.2, 0.25) is 0 Å². The summed E-state index contributed by atoms with van der Waals surface area (Å²) in [5.74, 6) is 4.14. The van der Waals surface area contributed by atoms with E-state index in [0.717, 1.165) is 100 Å². The van der Waals surface area contributed by atoms with Gasteiger partial charge in [0.1, 0.15) is 11.5 Å². The summed E-state index contributed by atoms with van der Waals surface area (Å²) in [7, 11) is 0. The van der Waals surface area contributed by atoms with Crippen LogP contribution in [0.5, 0.6) is 34.5 Å². The Morgan fingerprint density at radius 2 is 0.792 bits per heavy atom. The predicted molar refractivity (Wildman–Crippen MR) is 619 cm³/mol. The van der Waals surface area contributed by atoms with E-state index in [9.17, 15) is 0 Å². The minimum Gasteiger partial charge on any atom is -0.455 e. The van der Waals surface area contributed by atoms with Crippen molar-refractivity contribution in [3.8, 4) is 95.8 Å². The third kappa shape index (κ3) is 12.6. The van der Waals surface area contributed by atoms with Gasteiger partial charge < -0.3 is 43.0 Å². The van der Waals surface area contributed by atoms with E-state index in [1.54, 1.807) is 11.8 Å². The Hall–Kier alpha value is -16.9. The Kier molecular flexibility index (Phi) is 18.5. The Labute approximate surface area is 878 Å². The molecule has 21 aromatic carbocycles. The number of hydrogen-bond donors (Lipinski definition) is 0. The van der Waals surface area contributed by atoms with Crippen molar-refractivity contribution in [3.05, 3.63) is 486 Å². The van der Waals surface area contributed by atoms with Crippen molar-refractivity contribution in [3.63, 3.8) is 0 Å². The van der Waals surface area contributed by atoms with Gasteiger partial charge in [0.15, 0.2) is 23.0 Å². The maximum Gasteiger partial charge on any atom is 0.333 e. The van der Waals surface area contributed by atoms with Gasteiger partial charge in [0.05, 0.1) is 26.5 Å². The van der Waals surface area contributed by atoms with E-state index in [1.807, 2.05) is 47.8 Å². The maximum atomic E-state index is 7.21. The molecule has 0 N–H and O–H groups in total. The molecule has 11 heterocycles. The Balaban J connectivity index is 0.567. The third-order valence-electron chi connectivity index (χ3n) is 33.1. The van der Waals surface area contributed by atoms with E-state index in [1.165, 1.54) is 180 Å². The molecule has 10 aliphatic rings. The molecule has 700 valence electrons. The summed E-state index contributed by atoms with van der Waals surface area (Å²) >= 11 is 5.57. The van der Waals surface area contributed by atoms with Gasteiger partial charge in [-0.2, -0.15) is 0 Å². The fraction of sp³-hybridized carbons (Fsp3) is 0.0597. The zero-order valence-electron chi connectivity index (χ0n) is 82.1. The average Bonchev–Trinajstić information content (AvgIpc) is 0.960. The van der Waals surface area contributed by atoms with Crippen LogP contribution >= 0.6 is 35.3 Å². The normalized spacial score (nSPS) is 14.5. The van der Waals surface area contributed by atoms with Gasteiger partial charge in [-0.25, -0.2) is 0 Å². The van der Waals surface area contributed by atoms with Crippen molar-refractivity contribution in [1.29, 1.82) is 0 Å². The van der Waals surface area contributed by atoms with Crippen LogP contribution in [0.15, 0.2) is 460 Å². The molecule has 1 atom stereocenters. The number of ether oxygens (including phenoxy) is 3. The van der Waals surface area contributed by atoms with Crippen molar-refractivity contribution >= 4 is 179 Å². The van der Waals surface area contributed by atoms with E-state index in [0.29, 0.717) is 29.4 Å². The highest BCUT2D eigenvalue weighted by atomic mass is 32.2. The lowest BCUT2D eigenvalue weighted by molar-refractivity contribution is 0.360. The first-order valence-electron chi connectivity index (χ1n) is 51.6. The Morgan fingerprint density at radius 1 is 0.268 bits per heavy atom. The summed E-state index contributed by atoms with van der Waals surface area (Å²) < 4.78 is 24.1. The minimum absolute atomic E-state index is 0.170. The van der Waals surface area contributed by atoms with E-state index < -0.39 is 5.41 Å². The first kappa shape index (κ1) is 85.3. The van der Waals surface area contributed by atoms with Gasteiger partial charge in [-0.15, -0.1) is 0 Å². The molecular formula is C134H89B3N6O3S3. The summed E-state index contributed by atoms with van der Waals surface area (Å²) in [6.45, 7) is 11.0. The van der Waals surface area contributed by atoms with Crippen molar-refractivity contribution in [2.45, 2.75) is 81.7 Å². The largest absolute Gasteiger partial charge is 0.455 e. The zero-order valence-corrected chi connectivity index (χ0v) is 84.6. The molecule has 0 spiro atoms. The molecule has 0 amide bonds. The number of nitrogens with zero attached hydrogens (tertiary/aromatic N) is 6. The number of fused-ring (bicyclic) bond motifs is 23. The second-order valence-corrected chi connectivity index (χ2v) is 45.0. The number of rotatable bonds is 11. The molecule has 15 heteroatoms. The quantitative estimate of drug-likeness (QED) is 0.0919. The molecule has 9 nitrogen and oxygen atoms in total. The van der Waals surface area contributed by atoms with Crippen LogP contribution in [0, 0.1) is 20.8 Å². The topological polar surface area (TPSA) is 48.8 Å². The van der Waals surface area contributed by atoms with Crippen LogP contribution in [0.25, 0.3) is 83.1 Å². The third-order valence-corrected chi connectivity index (χ3v) is 36.7. The van der Waals surface area contributed by atoms with Gasteiger partial charge >= 0.3 is 20.5 Å². The van der Waals surface area contributed by atoms with Crippen LogP contribution < -0.4 is 71.2 Å². The van der Waals surface area contributed by atoms with E-state index in [4.69, 9.17) is 14.2 Å². The molecule has 10 aliphatic heterocycles. The van der Waals surface area contributed by atoms with Gasteiger partial charge in [0.25, 0.3) is 0 Å². The molecule has 0 aliphatic carbocycles. The molecule has 149 heavy (non-hydrogen) atoms. The van der Waals surface area contributed by atoms with Gasteiger partial charge in [0, 0.05) is 133 Å². The molecule has 0 saturated heterocycles. The lowest BCUT2D eigenvalue weighted by Crippen LogP contribution is -2.62. The molecule has 0 saturated carbocycles. The summed E-state index contributed by atoms with van der Waals surface area (Å²) in [5.41, 5.74) is 48.3. The predicted octanol–water partition coefficient (Wildman–Crippen LogP) is 31.9. The number of hydrogen-bond acceptors (Lipinski definition) is 11. The highest BCUT2D eigenvalue weighted by Crippen LogP contribution is 2.63. The van der Waals surface area contributed by atoms with Crippen molar-refractivity contribution in [1.82, 2.24) is 4.57 Å². The molecule has 1 aromatic heterocycles. The van der Waals surface area contributed by atoms with Crippen molar-refractivity contribution in [2.75, 3.05) is 24.2 Å². The molecule has 22 aromatic rings. The Bertz CT molecular complexity index is 9650.